The standard InChI is InChI=1S/C16H13ClN2O/c17-14-8-6-12(7-9-14)11-19-15(10-16(20)18-19)13-4-2-1-3-5-13/h1-9,11,15H,10H2/b19-11-. The average Bonchev–Trinajstić information content (AvgIpc) is 2.83. The van der Waals surface area contributed by atoms with Crippen LogP contribution in [0.3, 0.4) is 0 Å². The van der Waals surface area contributed by atoms with Crippen molar-refractivity contribution in [1.82, 2.24) is 0 Å². The zero-order valence-corrected chi connectivity index (χ0v) is 11.5. The molecule has 0 saturated heterocycles. The lowest BCUT2D eigenvalue weighted by Gasteiger charge is -2.05. The van der Waals surface area contributed by atoms with Crippen LogP contribution in [0.1, 0.15) is 23.6 Å². The molecule has 1 atom stereocenters. The molecule has 0 fully saturated rings. The molecule has 1 aliphatic rings. The summed E-state index contributed by atoms with van der Waals surface area (Å²) in [5, 5.41) is 16.4. The van der Waals surface area contributed by atoms with E-state index in [1.165, 1.54) is 0 Å². The van der Waals surface area contributed by atoms with Gasteiger partial charge in [-0.1, -0.05) is 46.6 Å². The number of hydrogen-bond donors (Lipinski definition) is 0. The van der Waals surface area contributed by atoms with Gasteiger partial charge in [-0.2, -0.15) is 0 Å². The largest absolute Gasteiger partial charge is 0.857 e. The van der Waals surface area contributed by atoms with Gasteiger partial charge in [0.25, 0.3) is 0 Å². The fourth-order valence-electron chi connectivity index (χ4n) is 2.26. The van der Waals surface area contributed by atoms with Crippen molar-refractivity contribution in [1.29, 1.82) is 0 Å². The molecular weight excluding hydrogens is 272 g/mol. The van der Waals surface area contributed by atoms with Crippen molar-refractivity contribution in [3.8, 4) is 0 Å². The molecule has 3 rings (SSSR count). The number of hydrogen-bond acceptors (Lipinski definition) is 2. The van der Waals surface area contributed by atoms with Crippen LogP contribution in [0.2, 0.25) is 5.02 Å². The first-order chi connectivity index (χ1) is 9.72. The van der Waals surface area contributed by atoms with Gasteiger partial charge >= 0.3 is 0 Å². The molecule has 4 heteroatoms. The molecule has 0 radical (unpaired) electrons. The van der Waals surface area contributed by atoms with Crippen molar-refractivity contribution in [2.45, 2.75) is 12.5 Å². The molecule has 100 valence electrons. The Morgan fingerprint density at radius 1 is 1.10 bits per heavy atom. The summed E-state index contributed by atoms with van der Waals surface area (Å²) in [4.78, 5) is 0. The van der Waals surface area contributed by atoms with Crippen LogP contribution in [0.15, 0.2) is 59.7 Å². The van der Waals surface area contributed by atoms with Crippen molar-refractivity contribution in [2.75, 3.05) is 0 Å². The molecule has 1 heterocycles. The molecule has 1 unspecified atom stereocenters. The van der Waals surface area contributed by atoms with Crippen LogP contribution in [0.25, 0.3) is 0 Å². The number of benzene rings is 2. The van der Waals surface area contributed by atoms with E-state index in [0.29, 0.717) is 11.4 Å². The summed E-state index contributed by atoms with van der Waals surface area (Å²) in [5.41, 5.74) is 2.06. The Morgan fingerprint density at radius 3 is 2.50 bits per heavy atom. The van der Waals surface area contributed by atoms with E-state index in [0.717, 1.165) is 11.1 Å². The van der Waals surface area contributed by atoms with E-state index in [-0.39, 0.29) is 11.9 Å². The van der Waals surface area contributed by atoms with Gasteiger partial charge in [0.1, 0.15) is 0 Å². The predicted octanol–water partition coefficient (Wildman–Crippen LogP) is 2.59. The summed E-state index contributed by atoms with van der Waals surface area (Å²) in [7, 11) is 0. The van der Waals surface area contributed by atoms with Crippen LogP contribution in [-0.4, -0.2) is 16.8 Å². The number of halogens is 1. The second-order valence-electron chi connectivity index (χ2n) is 4.69. The van der Waals surface area contributed by atoms with Gasteiger partial charge in [0.05, 0.1) is 6.42 Å². The fraction of sp³-hybridized carbons (Fsp3) is 0.125. The Morgan fingerprint density at radius 2 is 1.80 bits per heavy atom. The first-order valence-corrected chi connectivity index (χ1v) is 6.78. The second-order valence-corrected chi connectivity index (χ2v) is 5.12. The second kappa shape index (κ2) is 5.47. The number of nitrogens with zero attached hydrogens (tertiary/aromatic N) is 2. The lowest BCUT2D eigenvalue weighted by molar-refractivity contribution is -0.563. The molecule has 0 saturated carbocycles. The monoisotopic (exact) mass is 284 g/mol. The van der Waals surface area contributed by atoms with E-state index in [4.69, 9.17) is 11.6 Å². The highest BCUT2D eigenvalue weighted by atomic mass is 35.5. The Hall–Kier alpha value is -2.13. The van der Waals surface area contributed by atoms with E-state index >= 15 is 0 Å². The lowest BCUT2D eigenvalue weighted by Crippen LogP contribution is -2.15. The van der Waals surface area contributed by atoms with Gasteiger partial charge in [-0.05, 0) is 29.4 Å². The Bertz CT molecular complexity index is 663. The maximum absolute atomic E-state index is 11.6. The molecule has 2 aromatic rings. The van der Waals surface area contributed by atoms with Crippen molar-refractivity contribution < 1.29 is 9.79 Å². The van der Waals surface area contributed by atoms with E-state index in [2.05, 4.69) is 5.10 Å². The van der Waals surface area contributed by atoms with Gasteiger partial charge in [-0.25, -0.2) is 0 Å². The quantitative estimate of drug-likeness (QED) is 0.781. The summed E-state index contributed by atoms with van der Waals surface area (Å²) < 4.78 is 1.74. The van der Waals surface area contributed by atoms with Crippen LogP contribution >= 0.6 is 11.6 Å². The highest BCUT2D eigenvalue weighted by Crippen LogP contribution is 2.25. The van der Waals surface area contributed by atoms with Crippen LogP contribution in [0.4, 0.5) is 0 Å². The molecule has 2 aromatic carbocycles. The molecular formula is C16H13ClN2O. The zero-order chi connectivity index (χ0) is 13.9. The van der Waals surface area contributed by atoms with Gasteiger partial charge in [-0.3, -0.25) is 0 Å². The summed E-state index contributed by atoms with van der Waals surface area (Å²) in [6.07, 6.45) is 2.28. The number of rotatable bonds is 2. The van der Waals surface area contributed by atoms with Crippen molar-refractivity contribution in [3.63, 3.8) is 0 Å². The van der Waals surface area contributed by atoms with Crippen LogP contribution < -0.4 is 5.11 Å². The molecule has 20 heavy (non-hydrogen) atoms. The smallest absolute Gasteiger partial charge is 0.213 e. The Kier molecular flexibility index (Phi) is 3.52. The third-order valence-corrected chi connectivity index (χ3v) is 3.50. The van der Waals surface area contributed by atoms with Gasteiger partial charge in [0, 0.05) is 22.0 Å². The molecule has 0 aromatic heterocycles. The summed E-state index contributed by atoms with van der Waals surface area (Å²) >= 11 is 5.87. The highest BCUT2D eigenvalue weighted by Gasteiger charge is 2.29. The minimum atomic E-state index is -0.0935. The summed E-state index contributed by atoms with van der Waals surface area (Å²) in [6, 6.07) is 17.4. The van der Waals surface area contributed by atoms with Crippen LogP contribution in [-0.2, 0) is 0 Å². The Labute approximate surface area is 122 Å². The van der Waals surface area contributed by atoms with E-state index < -0.39 is 0 Å². The number of hydrazone groups is 1. The minimum absolute atomic E-state index is 0.0284. The normalized spacial score (nSPS) is 20.1. The SMILES string of the molecule is [O-]C1=N/[N+](=C\c2ccc(Cl)cc2)C(c2ccccc2)C1. The first-order valence-electron chi connectivity index (χ1n) is 6.40. The van der Waals surface area contributed by atoms with Crippen molar-refractivity contribution in [3.05, 3.63) is 70.7 Å². The first kappa shape index (κ1) is 12.9. The molecule has 0 bridgehead atoms. The average molecular weight is 285 g/mol. The molecule has 0 spiro atoms. The third-order valence-electron chi connectivity index (χ3n) is 3.25. The predicted molar refractivity (Wildman–Crippen MR) is 78.1 cm³/mol. The van der Waals surface area contributed by atoms with Crippen molar-refractivity contribution in [2.24, 2.45) is 5.10 Å². The maximum atomic E-state index is 11.6. The topological polar surface area (TPSA) is 38.4 Å². The van der Waals surface area contributed by atoms with Gasteiger partial charge < -0.3 is 5.11 Å². The Balaban J connectivity index is 1.95. The highest BCUT2D eigenvalue weighted by molar-refractivity contribution is 6.30. The van der Waals surface area contributed by atoms with Gasteiger partial charge in [0.2, 0.25) is 12.3 Å². The lowest BCUT2D eigenvalue weighted by atomic mass is 10.0. The van der Waals surface area contributed by atoms with E-state index in [1.807, 2.05) is 60.8 Å². The molecule has 0 aliphatic carbocycles. The van der Waals surface area contributed by atoms with Crippen molar-refractivity contribution >= 4 is 23.7 Å². The summed E-state index contributed by atoms with van der Waals surface area (Å²) in [5.74, 6) is -0.0935. The summed E-state index contributed by atoms with van der Waals surface area (Å²) in [6.45, 7) is 0. The molecule has 0 N–H and O–H groups in total. The van der Waals surface area contributed by atoms with Crippen LogP contribution in [0.5, 0.6) is 0 Å². The third kappa shape index (κ3) is 2.73. The zero-order valence-electron chi connectivity index (χ0n) is 10.7. The fourth-order valence-corrected chi connectivity index (χ4v) is 2.39. The molecule has 0 amide bonds. The van der Waals surface area contributed by atoms with E-state index in [1.54, 1.807) is 4.68 Å². The minimum Gasteiger partial charge on any atom is -0.857 e. The van der Waals surface area contributed by atoms with E-state index in [9.17, 15) is 5.11 Å². The van der Waals surface area contributed by atoms with Crippen LogP contribution in [0, 0.1) is 0 Å². The van der Waals surface area contributed by atoms with Gasteiger partial charge in [0.15, 0.2) is 0 Å². The molecule has 1 aliphatic heterocycles. The maximum Gasteiger partial charge on any atom is 0.213 e. The molecule has 3 nitrogen and oxygen atoms in total. The van der Waals surface area contributed by atoms with Gasteiger partial charge in [-0.15, -0.1) is 0 Å².